The van der Waals surface area contributed by atoms with E-state index in [1.165, 1.54) is 16.5 Å². The van der Waals surface area contributed by atoms with Gasteiger partial charge in [0.25, 0.3) is 0 Å². The van der Waals surface area contributed by atoms with Crippen LogP contribution in [0.25, 0.3) is 10.9 Å². The number of nitrogens with zero attached hydrogens (tertiary/aromatic N) is 4. The monoisotopic (exact) mass is 494 g/mol. The van der Waals surface area contributed by atoms with E-state index in [9.17, 15) is 4.79 Å². The number of para-hydroxylation sites is 1. The molecule has 6 heteroatoms. The lowest BCUT2D eigenvalue weighted by atomic mass is 10.0. The summed E-state index contributed by atoms with van der Waals surface area (Å²) in [5, 5.41) is 1.21. The molecule has 1 aliphatic rings. The Morgan fingerprint density at radius 1 is 1.00 bits per heavy atom. The van der Waals surface area contributed by atoms with E-state index in [1.807, 2.05) is 78.6 Å². The number of hydrogen-bond donors (Lipinski definition) is 0. The molecular formula is C31H34N4O2. The Kier molecular flexibility index (Phi) is 7.66. The molecule has 0 atom stereocenters. The molecule has 2 aromatic carbocycles. The standard InChI is InChI=1S/C31H34N4O2/c1-33(2)19-6-9-30(36)34-20-16-26(17-21-34)35-22-15-25-14-18-32-29(31(25)35)23-24-10-12-28(13-11-24)37-27-7-4-3-5-8-27/h3-15,18,22,26H,16-17,19-21,23H2,1-2H3/b9-6+. The van der Waals surface area contributed by atoms with Gasteiger partial charge in [-0.05, 0) is 68.9 Å². The number of piperidine rings is 1. The summed E-state index contributed by atoms with van der Waals surface area (Å²) in [7, 11) is 4.00. The number of benzene rings is 2. The minimum absolute atomic E-state index is 0.111. The first-order chi connectivity index (χ1) is 18.1. The second-order valence-corrected chi connectivity index (χ2v) is 9.88. The summed E-state index contributed by atoms with van der Waals surface area (Å²) in [4.78, 5) is 21.4. The van der Waals surface area contributed by atoms with E-state index in [1.54, 1.807) is 6.08 Å². The molecule has 37 heavy (non-hydrogen) atoms. The molecule has 0 N–H and O–H groups in total. The number of carbonyl (C=O) groups is 1. The van der Waals surface area contributed by atoms with Gasteiger partial charge in [0.15, 0.2) is 0 Å². The Morgan fingerprint density at radius 3 is 2.46 bits per heavy atom. The van der Waals surface area contributed by atoms with Crippen molar-refractivity contribution in [2.75, 3.05) is 33.7 Å². The lowest BCUT2D eigenvalue weighted by molar-refractivity contribution is -0.127. The highest BCUT2D eigenvalue weighted by Crippen LogP contribution is 2.30. The zero-order chi connectivity index (χ0) is 25.6. The Morgan fingerprint density at radius 2 is 1.73 bits per heavy atom. The summed E-state index contributed by atoms with van der Waals surface area (Å²) in [6.07, 6.45) is 10.4. The van der Waals surface area contributed by atoms with E-state index in [-0.39, 0.29) is 5.91 Å². The fourth-order valence-electron chi connectivity index (χ4n) is 4.94. The van der Waals surface area contributed by atoms with Crippen LogP contribution in [0.1, 0.15) is 30.1 Å². The summed E-state index contributed by atoms with van der Waals surface area (Å²) in [6.45, 7) is 2.32. The van der Waals surface area contributed by atoms with Crippen LogP contribution in [0.2, 0.25) is 0 Å². The van der Waals surface area contributed by atoms with Crippen molar-refractivity contribution in [3.8, 4) is 11.5 Å². The maximum Gasteiger partial charge on any atom is 0.246 e. The molecule has 190 valence electrons. The van der Waals surface area contributed by atoms with Gasteiger partial charge in [0.05, 0.1) is 11.2 Å². The normalized spacial score (nSPS) is 14.6. The first kappa shape index (κ1) is 24.8. The highest BCUT2D eigenvalue weighted by atomic mass is 16.5. The smallest absolute Gasteiger partial charge is 0.246 e. The summed E-state index contributed by atoms with van der Waals surface area (Å²) < 4.78 is 8.33. The third kappa shape index (κ3) is 6.09. The van der Waals surface area contributed by atoms with Gasteiger partial charge in [-0.15, -0.1) is 0 Å². The number of amides is 1. The van der Waals surface area contributed by atoms with Gasteiger partial charge >= 0.3 is 0 Å². The minimum atomic E-state index is 0.111. The molecule has 0 radical (unpaired) electrons. The minimum Gasteiger partial charge on any atom is -0.457 e. The third-order valence-electron chi connectivity index (χ3n) is 6.88. The quantitative estimate of drug-likeness (QED) is 0.295. The van der Waals surface area contributed by atoms with Crippen LogP contribution in [0.4, 0.5) is 0 Å². The van der Waals surface area contributed by atoms with Crippen LogP contribution in [0.15, 0.2) is 91.3 Å². The highest BCUT2D eigenvalue weighted by molar-refractivity contribution is 5.87. The van der Waals surface area contributed by atoms with E-state index in [4.69, 9.17) is 9.72 Å². The maximum atomic E-state index is 12.6. The lowest BCUT2D eigenvalue weighted by Crippen LogP contribution is -2.38. The molecule has 2 aromatic heterocycles. The number of pyridine rings is 1. The summed E-state index contributed by atoms with van der Waals surface area (Å²) in [5.74, 6) is 1.76. The predicted octanol–water partition coefficient (Wildman–Crippen LogP) is 5.70. The Balaban J connectivity index is 1.27. The molecule has 6 nitrogen and oxygen atoms in total. The van der Waals surface area contributed by atoms with Crippen LogP contribution in [0.5, 0.6) is 11.5 Å². The van der Waals surface area contributed by atoms with Crippen LogP contribution in [0.3, 0.4) is 0 Å². The van der Waals surface area contributed by atoms with E-state index in [0.717, 1.165) is 56.1 Å². The Labute approximate surface area is 218 Å². The van der Waals surface area contributed by atoms with Crippen molar-refractivity contribution in [2.24, 2.45) is 0 Å². The molecule has 0 unspecified atom stereocenters. The van der Waals surface area contributed by atoms with Crippen molar-refractivity contribution >= 4 is 16.8 Å². The van der Waals surface area contributed by atoms with Gasteiger partial charge in [0.2, 0.25) is 5.91 Å². The fraction of sp³-hybridized carbons (Fsp3) is 0.290. The molecule has 1 saturated heterocycles. The lowest BCUT2D eigenvalue weighted by Gasteiger charge is -2.32. The van der Waals surface area contributed by atoms with Crippen LogP contribution in [0, 0.1) is 0 Å². The molecule has 1 amide bonds. The highest BCUT2D eigenvalue weighted by Gasteiger charge is 2.24. The number of hydrogen-bond acceptors (Lipinski definition) is 4. The molecule has 4 aromatic rings. The molecule has 0 aliphatic carbocycles. The molecule has 1 fully saturated rings. The summed E-state index contributed by atoms with van der Waals surface area (Å²) in [6, 6.07) is 22.7. The van der Waals surface area contributed by atoms with Crippen molar-refractivity contribution in [1.29, 1.82) is 0 Å². The van der Waals surface area contributed by atoms with Crippen molar-refractivity contribution in [1.82, 2.24) is 19.4 Å². The van der Waals surface area contributed by atoms with Crippen LogP contribution < -0.4 is 4.74 Å². The zero-order valence-corrected chi connectivity index (χ0v) is 21.6. The fourth-order valence-corrected chi connectivity index (χ4v) is 4.94. The zero-order valence-electron chi connectivity index (χ0n) is 21.6. The van der Waals surface area contributed by atoms with Crippen molar-refractivity contribution in [3.63, 3.8) is 0 Å². The number of likely N-dealkylation sites (tertiary alicyclic amines) is 1. The van der Waals surface area contributed by atoms with Crippen molar-refractivity contribution in [3.05, 3.63) is 103 Å². The van der Waals surface area contributed by atoms with Gasteiger partial charge in [-0.1, -0.05) is 36.4 Å². The van der Waals surface area contributed by atoms with Crippen LogP contribution >= 0.6 is 0 Å². The molecule has 0 bridgehead atoms. The van der Waals surface area contributed by atoms with Gasteiger partial charge in [-0.2, -0.15) is 0 Å². The Hall–Kier alpha value is -3.90. The number of rotatable bonds is 8. The average Bonchev–Trinajstić information content (AvgIpc) is 3.36. The largest absolute Gasteiger partial charge is 0.457 e. The number of carbonyl (C=O) groups excluding carboxylic acids is 1. The second-order valence-electron chi connectivity index (χ2n) is 9.88. The molecule has 1 aliphatic heterocycles. The van der Waals surface area contributed by atoms with Crippen LogP contribution in [-0.2, 0) is 11.2 Å². The SMILES string of the molecule is CN(C)C/C=C/C(=O)N1CCC(n2ccc3ccnc(Cc4ccc(Oc5ccccc5)cc4)c32)CC1. The first-order valence-electron chi connectivity index (χ1n) is 12.9. The number of ether oxygens (including phenoxy) is 1. The van der Waals surface area contributed by atoms with Gasteiger partial charge in [-0.3, -0.25) is 9.78 Å². The second kappa shape index (κ2) is 11.4. The molecule has 3 heterocycles. The first-order valence-corrected chi connectivity index (χ1v) is 12.9. The average molecular weight is 495 g/mol. The summed E-state index contributed by atoms with van der Waals surface area (Å²) in [5.41, 5.74) is 3.46. The number of likely N-dealkylation sites (N-methyl/N-ethyl adjacent to an activating group) is 1. The van der Waals surface area contributed by atoms with Gasteiger partial charge < -0.3 is 19.1 Å². The van der Waals surface area contributed by atoms with E-state index in [2.05, 4.69) is 35.0 Å². The number of aromatic nitrogens is 2. The molecular weight excluding hydrogens is 460 g/mol. The van der Waals surface area contributed by atoms with Gasteiger partial charge in [-0.25, -0.2) is 0 Å². The maximum absolute atomic E-state index is 12.6. The topological polar surface area (TPSA) is 50.6 Å². The van der Waals surface area contributed by atoms with Gasteiger partial charge in [0.1, 0.15) is 11.5 Å². The van der Waals surface area contributed by atoms with Gasteiger partial charge in [0, 0.05) is 56.0 Å². The van der Waals surface area contributed by atoms with Crippen LogP contribution in [-0.4, -0.2) is 59.0 Å². The Bertz CT molecular complexity index is 1350. The molecule has 0 saturated carbocycles. The molecule has 5 rings (SSSR count). The number of fused-ring (bicyclic) bond motifs is 1. The third-order valence-corrected chi connectivity index (χ3v) is 6.88. The summed E-state index contributed by atoms with van der Waals surface area (Å²) >= 11 is 0. The van der Waals surface area contributed by atoms with Crippen molar-refractivity contribution < 1.29 is 9.53 Å². The molecule has 0 spiro atoms. The predicted molar refractivity (Wildman–Crippen MR) is 148 cm³/mol. The van der Waals surface area contributed by atoms with Crippen molar-refractivity contribution in [2.45, 2.75) is 25.3 Å². The van der Waals surface area contributed by atoms with E-state index in [0.29, 0.717) is 6.04 Å². The van der Waals surface area contributed by atoms with E-state index < -0.39 is 0 Å². The van der Waals surface area contributed by atoms with E-state index >= 15 is 0 Å².